The first-order chi connectivity index (χ1) is 8.39. The molecule has 18 heavy (non-hydrogen) atoms. The van der Waals surface area contributed by atoms with Crippen LogP contribution in [0.3, 0.4) is 0 Å². The van der Waals surface area contributed by atoms with Crippen LogP contribution < -0.4 is 4.90 Å². The molecule has 0 amide bonds. The van der Waals surface area contributed by atoms with Gasteiger partial charge in [0.1, 0.15) is 9.88 Å². The molecule has 1 aliphatic heterocycles. The molecule has 2 rings (SSSR count). The minimum atomic E-state index is -4.40. The van der Waals surface area contributed by atoms with Crippen LogP contribution in [0.25, 0.3) is 0 Å². The number of ether oxygens (including phenoxy) is 1. The van der Waals surface area contributed by atoms with Crippen molar-refractivity contribution in [3.8, 4) is 0 Å². The van der Waals surface area contributed by atoms with Crippen LogP contribution in [0.15, 0.2) is 6.07 Å². The molecule has 0 saturated carbocycles. The number of hydrogen-bond donors (Lipinski definition) is 0. The van der Waals surface area contributed by atoms with Crippen molar-refractivity contribution in [3.05, 3.63) is 16.5 Å². The van der Waals surface area contributed by atoms with Gasteiger partial charge in [-0.3, -0.25) is 4.79 Å². The fraction of sp³-hybridized carbons (Fsp3) is 0.545. The SMILES string of the molecule is CC(=O)c1cc(C(F)(F)F)sc1N1CCOCC1. The zero-order chi connectivity index (χ0) is 13.3. The second-order valence-electron chi connectivity index (χ2n) is 3.98. The first-order valence-corrected chi connectivity index (χ1v) is 6.26. The molecule has 1 aromatic heterocycles. The first-order valence-electron chi connectivity index (χ1n) is 5.44. The van der Waals surface area contributed by atoms with Crippen molar-refractivity contribution in [2.24, 2.45) is 0 Å². The smallest absolute Gasteiger partial charge is 0.378 e. The molecule has 100 valence electrons. The maximum absolute atomic E-state index is 12.7. The summed E-state index contributed by atoms with van der Waals surface area (Å²) in [5.74, 6) is -0.344. The molecule has 1 saturated heterocycles. The zero-order valence-electron chi connectivity index (χ0n) is 9.71. The summed E-state index contributed by atoms with van der Waals surface area (Å²) >= 11 is 0.626. The normalized spacial score (nSPS) is 17.0. The number of morpholine rings is 1. The van der Waals surface area contributed by atoms with Gasteiger partial charge in [-0.1, -0.05) is 0 Å². The van der Waals surface area contributed by atoms with Crippen LogP contribution in [0.1, 0.15) is 22.2 Å². The summed E-state index contributed by atoms with van der Waals surface area (Å²) in [5, 5.41) is 0.401. The Morgan fingerprint density at radius 2 is 2.00 bits per heavy atom. The molecule has 7 heteroatoms. The van der Waals surface area contributed by atoms with E-state index >= 15 is 0 Å². The van der Waals surface area contributed by atoms with Crippen LogP contribution >= 0.6 is 11.3 Å². The average Bonchev–Trinajstić information content (AvgIpc) is 2.74. The highest BCUT2D eigenvalue weighted by atomic mass is 32.1. The number of anilines is 1. The fourth-order valence-electron chi connectivity index (χ4n) is 1.77. The van der Waals surface area contributed by atoms with Gasteiger partial charge in [0.2, 0.25) is 0 Å². The molecular formula is C11H12F3NO2S. The van der Waals surface area contributed by atoms with E-state index in [9.17, 15) is 18.0 Å². The summed E-state index contributed by atoms with van der Waals surface area (Å²) in [7, 11) is 0. The maximum Gasteiger partial charge on any atom is 0.425 e. The van der Waals surface area contributed by atoms with Gasteiger partial charge in [0.15, 0.2) is 5.78 Å². The average molecular weight is 279 g/mol. The molecule has 0 aliphatic carbocycles. The van der Waals surface area contributed by atoms with E-state index in [4.69, 9.17) is 4.74 Å². The summed E-state index contributed by atoms with van der Waals surface area (Å²) < 4.78 is 43.2. The van der Waals surface area contributed by atoms with Crippen molar-refractivity contribution in [2.45, 2.75) is 13.1 Å². The number of Topliss-reactive ketones (excluding diaryl/α,β-unsaturated/α-hetero) is 1. The largest absolute Gasteiger partial charge is 0.425 e. The van der Waals surface area contributed by atoms with E-state index < -0.39 is 11.1 Å². The molecule has 1 fully saturated rings. The molecule has 0 bridgehead atoms. The molecule has 1 aromatic rings. The Kier molecular flexibility index (Phi) is 3.63. The van der Waals surface area contributed by atoms with Gasteiger partial charge < -0.3 is 9.64 Å². The Bertz CT molecular complexity index is 450. The quantitative estimate of drug-likeness (QED) is 0.780. The Balaban J connectivity index is 2.38. The lowest BCUT2D eigenvalue weighted by Crippen LogP contribution is -2.36. The highest BCUT2D eigenvalue weighted by molar-refractivity contribution is 7.16. The van der Waals surface area contributed by atoms with E-state index in [-0.39, 0.29) is 11.3 Å². The standard InChI is InChI=1S/C11H12F3NO2S/c1-7(16)8-6-9(11(12,13)14)18-10(8)15-2-4-17-5-3-15/h6H,2-5H2,1H3. The minimum Gasteiger partial charge on any atom is -0.378 e. The van der Waals surface area contributed by atoms with Crippen LogP contribution in [0.4, 0.5) is 18.2 Å². The van der Waals surface area contributed by atoms with Gasteiger partial charge >= 0.3 is 6.18 Å². The lowest BCUT2D eigenvalue weighted by atomic mass is 10.2. The number of hydrogen-bond acceptors (Lipinski definition) is 4. The Hall–Kier alpha value is -1.08. The zero-order valence-corrected chi connectivity index (χ0v) is 10.5. The van der Waals surface area contributed by atoms with Crippen LogP contribution in [-0.2, 0) is 10.9 Å². The van der Waals surface area contributed by atoms with Gasteiger partial charge in [-0.15, -0.1) is 11.3 Å². The molecule has 1 aliphatic rings. The van der Waals surface area contributed by atoms with E-state index in [0.717, 1.165) is 6.07 Å². The Morgan fingerprint density at radius 1 is 1.39 bits per heavy atom. The summed E-state index contributed by atoms with van der Waals surface area (Å²) in [5.41, 5.74) is 0.147. The lowest BCUT2D eigenvalue weighted by molar-refractivity contribution is -0.134. The van der Waals surface area contributed by atoms with Gasteiger partial charge in [0, 0.05) is 13.1 Å². The van der Waals surface area contributed by atoms with Crippen molar-refractivity contribution in [2.75, 3.05) is 31.2 Å². The van der Waals surface area contributed by atoms with E-state index in [1.165, 1.54) is 6.92 Å². The summed E-state index contributed by atoms with van der Waals surface area (Å²) in [6, 6.07) is 0.942. The molecule has 0 unspecified atom stereocenters. The molecule has 0 N–H and O–H groups in total. The number of carbonyl (C=O) groups is 1. The highest BCUT2D eigenvalue weighted by Gasteiger charge is 2.35. The van der Waals surface area contributed by atoms with Gasteiger partial charge in [-0.25, -0.2) is 0 Å². The van der Waals surface area contributed by atoms with Crippen molar-refractivity contribution >= 4 is 22.1 Å². The van der Waals surface area contributed by atoms with Crippen molar-refractivity contribution in [1.29, 1.82) is 0 Å². The summed E-state index contributed by atoms with van der Waals surface area (Å²) in [6.45, 7) is 3.25. The molecule has 0 radical (unpaired) electrons. The number of thiophene rings is 1. The highest BCUT2D eigenvalue weighted by Crippen LogP contribution is 2.41. The fourth-order valence-corrected chi connectivity index (χ4v) is 2.90. The number of rotatable bonds is 2. The van der Waals surface area contributed by atoms with E-state index in [1.807, 2.05) is 0 Å². The molecule has 0 spiro atoms. The van der Waals surface area contributed by atoms with Crippen molar-refractivity contribution in [1.82, 2.24) is 0 Å². The monoisotopic (exact) mass is 279 g/mol. The number of alkyl halides is 3. The van der Waals surface area contributed by atoms with Crippen LogP contribution in [0.5, 0.6) is 0 Å². The number of halogens is 3. The lowest BCUT2D eigenvalue weighted by Gasteiger charge is -2.28. The van der Waals surface area contributed by atoms with Crippen molar-refractivity contribution < 1.29 is 22.7 Å². The van der Waals surface area contributed by atoms with E-state index in [0.29, 0.717) is 42.6 Å². The van der Waals surface area contributed by atoms with Crippen LogP contribution in [0, 0.1) is 0 Å². The number of nitrogens with zero attached hydrogens (tertiary/aromatic N) is 1. The topological polar surface area (TPSA) is 29.5 Å². The van der Waals surface area contributed by atoms with Gasteiger partial charge in [-0.05, 0) is 13.0 Å². The Labute approximate surface area is 106 Å². The minimum absolute atomic E-state index is 0.147. The summed E-state index contributed by atoms with van der Waals surface area (Å²) in [6.07, 6.45) is -4.40. The van der Waals surface area contributed by atoms with Gasteiger partial charge in [0.05, 0.1) is 18.8 Å². The number of carbonyl (C=O) groups excluding carboxylic acids is 1. The second kappa shape index (κ2) is 4.89. The third-order valence-electron chi connectivity index (χ3n) is 2.67. The molecule has 3 nitrogen and oxygen atoms in total. The first kappa shape index (κ1) is 13.4. The molecule has 0 atom stereocenters. The van der Waals surface area contributed by atoms with Gasteiger partial charge in [0.25, 0.3) is 0 Å². The van der Waals surface area contributed by atoms with E-state index in [2.05, 4.69) is 0 Å². The maximum atomic E-state index is 12.7. The van der Waals surface area contributed by atoms with E-state index in [1.54, 1.807) is 4.90 Å². The third-order valence-corrected chi connectivity index (χ3v) is 3.91. The predicted molar refractivity (Wildman–Crippen MR) is 62.4 cm³/mol. The molecule has 0 aromatic carbocycles. The van der Waals surface area contributed by atoms with Crippen LogP contribution in [-0.4, -0.2) is 32.1 Å². The predicted octanol–water partition coefficient (Wildman–Crippen LogP) is 2.81. The molecule has 2 heterocycles. The van der Waals surface area contributed by atoms with Crippen LogP contribution in [0.2, 0.25) is 0 Å². The van der Waals surface area contributed by atoms with Gasteiger partial charge in [-0.2, -0.15) is 13.2 Å². The Morgan fingerprint density at radius 3 is 2.50 bits per heavy atom. The molecular weight excluding hydrogens is 267 g/mol. The number of ketones is 1. The summed E-state index contributed by atoms with van der Waals surface area (Å²) in [4.78, 5) is 12.5. The van der Waals surface area contributed by atoms with Crippen molar-refractivity contribution in [3.63, 3.8) is 0 Å². The second-order valence-corrected chi connectivity index (χ2v) is 5.01. The third kappa shape index (κ3) is 2.67.